The molecule has 2 aromatic heterocycles. The first-order valence-corrected chi connectivity index (χ1v) is 9.81. The van der Waals surface area contributed by atoms with Gasteiger partial charge in [0.1, 0.15) is 0 Å². The minimum absolute atomic E-state index is 0.00533. The Morgan fingerprint density at radius 1 is 1.17 bits per heavy atom. The van der Waals surface area contributed by atoms with Crippen LogP contribution in [0.3, 0.4) is 0 Å². The van der Waals surface area contributed by atoms with Gasteiger partial charge in [-0.3, -0.25) is 9.59 Å². The molecule has 3 aromatic rings. The first-order valence-electron chi connectivity index (χ1n) is 9.81. The van der Waals surface area contributed by atoms with Crippen LogP contribution in [-0.4, -0.2) is 32.6 Å². The molecule has 0 saturated carbocycles. The Balaban J connectivity index is 1.64. The summed E-state index contributed by atoms with van der Waals surface area (Å²) in [5.41, 5.74) is 2.26. The maximum atomic E-state index is 12.7. The lowest BCUT2D eigenvalue weighted by atomic mass is 10.2. The van der Waals surface area contributed by atoms with Gasteiger partial charge in [-0.15, -0.1) is 0 Å². The first-order chi connectivity index (χ1) is 14.0. The van der Waals surface area contributed by atoms with Crippen LogP contribution in [-0.2, 0) is 24.3 Å². The standard InChI is InChI=1S/C22H26N4O3/c1-4-14-26-16(2)10-11-18(22(26)28)21-23-19(29-24-21)12-13-20(27)25(3)15-17-8-6-5-7-9-17/h5-11H,4,12-15H2,1-3H3. The second kappa shape index (κ2) is 9.32. The third-order valence-corrected chi connectivity index (χ3v) is 4.79. The molecule has 3 rings (SSSR count). The van der Waals surface area contributed by atoms with Crippen molar-refractivity contribution in [2.75, 3.05) is 7.05 Å². The van der Waals surface area contributed by atoms with E-state index in [1.165, 1.54) is 0 Å². The van der Waals surface area contributed by atoms with Gasteiger partial charge in [0.05, 0.1) is 5.56 Å². The molecule has 0 unspecified atom stereocenters. The van der Waals surface area contributed by atoms with Gasteiger partial charge in [-0.25, -0.2) is 0 Å². The summed E-state index contributed by atoms with van der Waals surface area (Å²) in [6, 6.07) is 13.4. The lowest BCUT2D eigenvalue weighted by Gasteiger charge is -2.16. The Morgan fingerprint density at radius 2 is 1.93 bits per heavy atom. The third-order valence-electron chi connectivity index (χ3n) is 4.79. The van der Waals surface area contributed by atoms with Crippen LogP contribution in [0.15, 0.2) is 51.8 Å². The maximum absolute atomic E-state index is 12.7. The van der Waals surface area contributed by atoms with Crippen LogP contribution in [0.1, 0.15) is 36.9 Å². The molecule has 0 N–H and O–H groups in total. The van der Waals surface area contributed by atoms with Crippen LogP contribution in [0.5, 0.6) is 0 Å². The van der Waals surface area contributed by atoms with E-state index >= 15 is 0 Å². The number of aromatic nitrogens is 3. The van der Waals surface area contributed by atoms with Gasteiger partial charge >= 0.3 is 0 Å². The van der Waals surface area contributed by atoms with Crippen molar-refractivity contribution in [3.8, 4) is 11.4 Å². The van der Waals surface area contributed by atoms with Crippen LogP contribution in [0, 0.1) is 6.92 Å². The monoisotopic (exact) mass is 394 g/mol. The van der Waals surface area contributed by atoms with Crippen molar-refractivity contribution in [2.24, 2.45) is 0 Å². The fraction of sp³-hybridized carbons (Fsp3) is 0.364. The Hall–Kier alpha value is -3.22. The van der Waals surface area contributed by atoms with E-state index in [0.29, 0.717) is 31.0 Å². The van der Waals surface area contributed by atoms with Gasteiger partial charge in [-0.1, -0.05) is 42.4 Å². The number of carbonyl (C=O) groups excluding carboxylic acids is 1. The minimum Gasteiger partial charge on any atom is -0.341 e. The van der Waals surface area contributed by atoms with Crippen LogP contribution in [0.2, 0.25) is 0 Å². The molecule has 0 bridgehead atoms. The molecule has 0 aliphatic rings. The molecule has 0 spiro atoms. The molecular weight excluding hydrogens is 368 g/mol. The van der Waals surface area contributed by atoms with Gasteiger partial charge in [0, 0.05) is 38.7 Å². The SMILES string of the molecule is CCCn1c(C)ccc(-c2noc(CCC(=O)N(C)Cc3ccccc3)n2)c1=O. The highest BCUT2D eigenvalue weighted by Gasteiger charge is 2.16. The summed E-state index contributed by atoms with van der Waals surface area (Å²) in [5, 5.41) is 3.94. The summed E-state index contributed by atoms with van der Waals surface area (Å²) in [5.74, 6) is 0.609. The van der Waals surface area contributed by atoms with E-state index in [9.17, 15) is 9.59 Å². The number of rotatable bonds is 8. The molecule has 0 fully saturated rings. The second-order valence-corrected chi connectivity index (χ2v) is 7.09. The van der Waals surface area contributed by atoms with Crippen LogP contribution >= 0.6 is 0 Å². The van der Waals surface area contributed by atoms with Crippen molar-refractivity contribution in [2.45, 2.75) is 46.2 Å². The quantitative estimate of drug-likeness (QED) is 0.586. The van der Waals surface area contributed by atoms with Crippen LogP contribution in [0.25, 0.3) is 11.4 Å². The van der Waals surface area contributed by atoms with E-state index in [4.69, 9.17) is 4.52 Å². The number of nitrogens with zero attached hydrogens (tertiary/aromatic N) is 4. The molecule has 0 aliphatic carbocycles. The molecule has 7 nitrogen and oxygen atoms in total. The average molecular weight is 394 g/mol. The predicted octanol–water partition coefficient (Wildman–Crippen LogP) is 3.21. The lowest BCUT2D eigenvalue weighted by molar-refractivity contribution is -0.130. The molecule has 1 aromatic carbocycles. The number of amides is 1. The topological polar surface area (TPSA) is 81.2 Å². The van der Waals surface area contributed by atoms with Crippen molar-refractivity contribution in [1.29, 1.82) is 0 Å². The number of benzene rings is 1. The highest BCUT2D eigenvalue weighted by atomic mass is 16.5. The fourth-order valence-electron chi connectivity index (χ4n) is 3.16. The number of pyridine rings is 1. The van der Waals surface area contributed by atoms with Crippen LogP contribution in [0.4, 0.5) is 0 Å². The number of aryl methyl sites for hydroxylation is 2. The lowest BCUT2D eigenvalue weighted by Crippen LogP contribution is -2.26. The minimum atomic E-state index is -0.127. The average Bonchev–Trinajstić information content (AvgIpc) is 3.18. The Morgan fingerprint density at radius 3 is 2.66 bits per heavy atom. The Kier molecular flexibility index (Phi) is 6.59. The van der Waals surface area contributed by atoms with E-state index in [-0.39, 0.29) is 23.7 Å². The van der Waals surface area contributed by atoms with Crippen molar-refractivity contribution >= 4 is 5.91 Å². The molecule has 0 atom stereocenters. The molecule has 7 heteroatoms. The number of carbonyl (C=O) groups is 1. The fourth-order valence-corrected chi connectivity index (χ4v) is 3.16. The van der Waals surface area contributed by atoms with Gasteiger partial charge in [-0.2, -0.15) is 4.98 Å². The van der Waals surface area contributed by atoms with Crippen molar-refractivity contribution < 1.29 is 9.32 Å². The normalized spacial score (nSPS) is 10.9. The summed E-state index contributed by atoms with van der Waals surface area (Å²) in [6.45, 7) is 5.12. The van der Waals surface area contributed by atoms with Gasteiger partial charge in [0.25, 0.3) is 5.56 Å². The Labute approximate surface area is 170 Å². The van der Waals surface area contributed by atoms with Crippen molar-refractivity contribution in [1.82, 2.24) is 19.6 Å². The molecule has 29 heavy (non-hydrogen) atoms. The summed E-state index contributed by atoms with van der Waals surface area (Å²) in [4.78, 5) is 31.1. The van der Waals surface area contributed by atoms with Crippen molar-refractivity contribution in [3.05, 3.63) is 70.0 Å². The molecule has 152 valence electrons. The maximum Gasteiger partial charge on any atom is 0.261 e. The summed E-state index contributed by atoms with van der Waals surface area (Å²) in [7, 11) is 1.77. The molecule has 0 aliphatic heterocycles. The summed E-state index contributed by atoms with van der Waals surface area (Å²) < 4.78 is 6.99. The molecule has 1 amide bonds. The van der Waals surface area contributed by atoms with Gasteiger partial charge < -0.3 is 14.0 Å². The van der Waals surface area contributed by atoms with E-state index in [1.807, 2.05) is 50.2 Å². The summed E-state index contributed by atoms with van der Waals surface area (Å²) in [6.07, 6.45) is 1.46. The van der Waals surface area contributed by atoms with Gasteiger partial charge in [-0.05, 0) is 31.0 Å². The molecular formula is C22H26N4O3. The second-order valence-electron chi connectivity index (χ2n) is 7.09. The largest absolute Gasteiger partial charge is 0.341 e. The number of hydrogen-bond acceptors (Lipinski definition) is 5. The molecule has 0 saturated heterocycles. The van der Waals surface area contributed by atoms with Crippen LogP contribution < -0.4 is 5.56 Å². The van der Waals surface area contributed by atoms with Gasteiger partial charge in [0.15, 0.2) is 0 Å². The van der Waals surface area contributed by atoms with E-state index in [2.05, 4.69) is 10.1 Å². The zero-order chi connectivity index (χ0) is 20.8. The van der Waals surface area contributed by atoms with E-state index in [1.54, 1.807) is 22.6 Å². The first kappa shape index (κ1) is 20.5. The van der Waals surface area contributed by atoms with E-state index in [0.717, 1.165) is 17.7 Å². The van der Waals surface area contributed by atoms with E-state index < -0.39 is 0 Å². The zero-order valence-electron chi connectivity index (χ0n) is 17.1. The summed E-state index contributed by atoms with van der Waals surface area (Å²) >= 11 is 0. The molecule has 2 heterocycles. The Bertz CT molecular complexity index is 1020. The molecule has 0 radical (unpaired) electrons. The highest BCUT2D eigenvalue weighted by Crippen LogP contribution is 2.14. The third kappa shape index (κ3) is 4.99. The highest BCUT2D eigenvalue weighted by molar-refractivity contribution is 5.76. The zero-order valence-corrected chi connectivity index (χ0v) is 17.1. The number of hydrogen-bond donors (Lipinski definition) is 0. The van der Waals surface area contributed by atoms with Crippen molar-refractivity contribution in [3.63, 3.8) is 0 Å². The smallest absolute Gasteiger partial charge is 0.261 e. The van der Waals surface area contributed by atoms with Gasteiger partial charge in [0.2, 0.25) is 17.6 Å². The predicted molar refractivity (Wildman–Crippen MR) is 110 cm³/mol.